The summed E-state index contributed by atoms with van der Waals surface area (Å²) in [7, 11) is -3.71. The van der Waals surface area contributed by atoms with Gasteiger partial charge in [0.25, 0.3) is 0 Å². The molecule has 12 aromatic rings. The van der Waals surface area contributed by atoms with E-state index in [0.29, 0.717) is 0 Å². The minimum atomic E-state index is -1.85. The summed E-state index contributed by atoms with van der Waals surface area (Å²) in [6.45, 7) is 0. The van der Waals surface area contributed by atoms with Gasteiger partial charge in [-0.15, -0.1) is 20.1 Å². The molecule has 0 bridgehead atoms. The van der Waals surface area contributed by atoms with Crippen molar-refractivity contribution in [3.63, 3.8) is 0 Å². The first-order valence-electron chi connectivity index (χ1n) is 23.4. The van der Waals surface area contributed by atoms with Crippen molar-refractivity contribution < 1.29 is 0 Å². The zero-order valence-electron chi connectivity index (χ0n) is 37.9. The highest BCUT2D eigenvalue weighted by atomic mass is 32.3. The van der Waals surface area contributed by atoms with Crippen LogP contribution in [0.15, 0.2) is 330 Å². The highest BCUT2D eigenvalue weighted by Crippen LogP contribution is 2.74. The molecule has 0 amide bonds. The summed E-state index contributed by atoms with van der Waals surface area (Å²) in [5.41, 5.74) is 7.34. The van der Waals surface area contributed by atoms with Crippen LogP contribution in [-0.2, 0) is 0 Å². The van der Waals surface area contributed by atoms with Crippen LogP contribution in [0.3, 0.4) is 0 Å². The van der Waals surface area contributed by atoms with Gasteiger partial charge in [-0.25, -0.2) is 4.98 Å². The number of nitrogens with zero attached hydrogens (tertiary/aromatic N) is 2. The van der Waals surface area contributed by atoms with Gasteiger partial charge in [-0.05, 0) is 121 Å². The van der Waals surface area contributed by atoms with E-state index in [4.69, 9.17) is 4.98 Å². The lowest BCUT2D eigenvalue weighted by Crippen LogP contribution is -2.05. The van der Waals surface area contributed by atoms with E-state index in [-0.39, 0.29) is 0 Å². The second kappa shape index (κ2) is 18.2. The lowest BCUT2D eigenvalue weighted by Gasteiger charge is -2.42. The van der Waals surface area contributed by atoms with Crippen LogP contribution < -0.4 is 0 Å². The summed E-state index contributed by atoms with van der Waals surface area (Å²) < 4.78 is 2.41. The topological polar surface area (TPSA) is 17.8 Å². The highest BCUT2D eigenvalue weighted by molar-refractivity contribution is 8.34. The molecule has 69 heavy (non-hydrogen) atoms. The van der Waals surface area contributed by atoms with Crippen LogP contribution in [0.2, 0.25) is 0 Å². The molecule has 0 spiro atoms. The molecule has 0 radical (unpaired) electrons. The van der Waals surface area contributed by atoms with Gasteiger partial charge in [-0.3, -0.25) is 0 Å². The lowest BCUT2D eigenvalue weighted by atomic mass is 10.1. The molecule has 0 saturated heterocycles. The van der Waals surface area contributed by atoms with Gasteiger partial charge >= 0.3 is 0 Å². The smallest absolute Gasteiger partial charge is 0.0730 e. The van der Waals surface area contributed by atoms with Gasteiger partial charge in [0.05, 0.1) is 28.1 Å². The molecule has 330 valence electrons. The summed E-state index contributed by atoms with van der Waals surface area (Å²) in [6, 6.07) is 107. The van der Waals surface area contributed by atoms with Crippen molar-refractivity contribution >= 4 is 41.9 Å². The lowest BCUT2D eigenvalue weighted by molar-refractivity contribution is 1.16. The first-order chi connectivity index (χ1) is 34.2. The van der Waals surface area contributed by atoms with Crippen molar-refractivity contribution in [2.75, 3.05) is 0 Å². The van der Waals surface area contributed by atoms with E-state index < -0.39 is 20.1 Å². The monoisotopic (exact) mass is 920 g/mol. The third kappa shape index (κ3) is 7.28. The highest BCUT2D eigenvalue weighted by Gasteiger charge is 2.34. The number of aromatic nitrogens is 2. The minimum absolute atomic E-state index is 0.914. The van der Waals surface area contributed by atoms with E-state index in [0.717, 1.165) is 39.2 Å². The van der Waals surface area contributed by atoms with Gasteiger partial charge in [-0.1, -0.05) is 170 Å². The van der Waals surface area contributed by atoms with Gasteiger partial charge in [-0.2, -0.15) is 0 Å². The number of rotatable bonds is 11. The Morgan fingerprint density at radius 2 is 0.493 bits per heavy atom. The van der Waals surface area contributed by atoms with Crippen LogP contribution in [0.25, 0.3) is 50.0 Å². The van der Waals surface area contributed by atoms with Crippen LogP contribution in [0.5, 0.6) is 0 Å². The molecular formula is C65H48N2S2. The molecule has 12 rings (SSSR count). The Kier molecular flexibility index (Phi) is 11.1. The van der Waals surface area contributed by atoms with Gasteiger partial charge < -0.3 is 4.57 Å². The largest absolute Gasteiger partial charge is 0.309 e. The average molecular weight is 921 g/mol. The molecule has 2 nitrogen and oxygen atoms in total. The summed E-state index contributed by atoms with van der Waals surface area (Å²) >= 11 is 0. The third-order valence-corrected chi connectivity index (χ3v) is 21.1. The molecule has 2 heterocycles. The number of para-hydroxylation sites is 2. The first kappa shape index (κ1) is 42.2. The van der Waals surface area contributed by atoms with Crippen molar-refractivity contribution in [3.05, 3.63) is 291 Å². The maximum absolute atomic E-state index is 5.58. The zero-order chi connectivity index (χ0) is 46.0. The molecular weight excluding hydrogens is 873 g/mol. The van der Waals surface area contributed by atoms with E-state index >= 15 is 0 Å². The molecule has 0 fully saturated rings. The SMILES string of the molecule is c1ccc(S(c2ccccc2)(c2ccccc2)c2ccc(-c3cc(-n4c5ccccc5c5ccccc54)cc(-c4ccc(S(c5ccccc5)(c5ccccc5)c5ccccc5)cc4)n3)cc2)cc1. The second-order valence-electron chi connectivity index (χ2n) is 17.1. The van der Waals surface area contributed by atoms with Gasteiger partial charge in [0.1, 0.15) is 0 Å². The molecule has 10 aromatic carbocycles. The number of hydrogen-bond donors (Lipinski definition) is 0. The van der Waals surface area contributed by atoms with Gasteiger partial charge in [0, 0.05) is 61.1 Å². The molecule has 0 N–H and O–H groups in total. The maximum atomic E-state index is 5.58. The van der Waals surface area contributed by atoms with Crippen LogP contribution in [0.4, 0.5) is 0 Å². The second-order valence-corrected chi connectivity index (χ2v) is 23.3. The zero-order valence-corrected chi connectivity index (χ0v) is 39.6. The average Bonchev–Trinajstić information content (AvgIpc) is 3.78. The normalized spacial score (nSPS) is 12.2. The third-order valence-electron chi connectivity index (χ3n) is 13.2. The predicted molar refractivity (Wildman–Crippen MR) is 289 cm³/mol. The van der Waals surface area contributed by atoms with E-state index in [2.05, 4.69) is 296 Å². The summed E-state index contributed by atoms with van der Waals surface area (Å²) in [5.74, 6) is 0. The Morgan fingerprint density at radius 1 is 0.246 bits per heavy atom. The fourth-order valence-corrected chi connectivity index (χ4v) is 17.9. The van der Waals surface area contributed by atoms with Crippen LogP contribution in [-0.4, -0.2) is 9.55 Å². The number of fused-ring (bicyclic) bond motifs is 3. The van der Waals surface area contributed by atoms with Crippen molar-refractivity contribution in [2.45, 2.75) is 39.2 Å². The van der Waals surface area contributed by atoms with Crippen molar-refractivity contribution in [1.82, 2.24) is 9.55 Å². The van der Waals surface area contributed by atoms with Crippen molar-refractivity contribution in [2.24, 2.45) is 0 Å². The number of benzene rings is 10. The Balaban J connectivity index is 1.05. The molecule has 0 aliphatic carbocycles. The van der Waals surface area contributed by atoms with Crippen LogP contribution in [0, 0.1) is 0 Å². The van der Waals surface area contributed by atoms with E-state index in [1.165, 1.54) is 49.9 Å². The van der Waals surface area contributed by atoms with E-state index in [1.54, 1.807) is 0 Å². The summed E-state index contributed by atoms with van der Waals surface area (Å²) in [4.78, 5) is 15.9. The van der Waals surface area contributed by atoms with Crippen LogP contribution in [0.1, 0.15) is 0 Å². The molecule has 2 aromatic heterocycles. The first-order valence-corrected chi connectivity index (χ1v) is 26.7. The fraction of sp³-hybridized carbons (Fsp3) is 0. The van der Waals surface area contributed by atoms with Crippen molar-refractivity contribution in [1.29, 1.82) is 0 Å². The Hall–Kier alpha value is -8.15. The summed E-state index contributed by atoms with van der Waals surface area (Å²) in [5, 5.41) is 2.46. The minimum Gasteiger partial charge on any atom is -0.309 e. The maximum Gasteiger partial charge on any atom is 0.0730 e. The molecule has 0 unspecified atom stereocenters. The predicted octanol–water partition coefficient (Wildman–Crippen LogP) is 18.2. The Bertz CT molecular complexity index is 3240. The molecule has 4 heteroatoms. The Labute approximate surface area is 407 Å². The van der Waals surface area contributed by atoms with Gasteiger partial charge in [0.15, 0.2) is 0 Å². The van der Waals surface area contributed by atoms with E-state index in [9.17, 15) is 0 Å². The summed E-state index contributed by atoms with van der Waals surface area (Å²) in [6.07, 6.45) is 0. The van der Waals surface area contributed by atoms with E-state index in [1.807, 2.05) is 0 Å². The van der Waals surface area contributed by atoms with Gasteiger partial charge in [0.2, 0.25) is 0 Å². The Morgan fingerprint density at radius 3 is 0.783 bits per heavy atom. The molecule has 0 aliphatic rings. The quantitative estimate of drug-likeness (QED) is 0.126. The number of pyridine rings is 1. The van der Waals surface area contributed by atoms with Crippen molar-refractivity contribution in [3.8, 4) is 28.2 Å². The molecule has 0 saturated carbocycles. The molecule has 0 aliphatic heterocycles. The standard InChI is InChI=1S/C65H48N2S2/c1-7-23-52(24-8-1)68(53-25-9-2-10-26-53,54-27-11-3-12-28-54)58-43-39-49(40-44-58)62-47-51(67-64-37-21-19-35-60(64)61-36-20-22-38-65(61)67)48-63(66-62)50-41-45-59(46-42-50)69(55-29-13-4-14-30-55,56-31-15-5-16-32-56)57-33-17-6-18-34-57/h1-48H. The number of hydrogen-bond acceptors (Lipinski definition) is 1. The molecule has 0 atom stereocenters. The van der Waals surface area contributed by atoms with Crippen LogP contribution >= 0.6 is 20.1 Å². The fourth-order valence-electron chi connectivity index (χ4n) is 10.2.